The maximum absolute atomic E-state index is 12.0. The number of nitrogens with zero attached hydrogens (tertiary/aromatic N) is 1. The molecule has 0 saturated carbocycles. The van der Waals surface area contributed by atoms with Crippen molar-refractivity contribution in [1.29, 1.82) is 5.26 Å². The van der Waals surface area contributed by atoms with Gasteiger partial charge in [0, 0.05) is 5.02 Å². The molecular formula is C19H17ClN2O5. The number of nitriles is 1. The van der Waals surface area contributed by atoms with Crippen molar-refractivity contribution in [3.05, 3.63) is 53.1 Å². The molecule has 2 aromatic rings. The highest BCUT2D eigenvalue weighted by Gasteiger charge is 2.18. The van der Waals surface area contributed by atoms with Gasteiger partial charge in [0.1, 0.15) is 11.5 Å². The number of anilines is 1. The summed E-state index contributed by atoms with van der Waals surface area (Å²) in [7, 11) is 1.46. The van der Waals surface area contributed by atoms with E-state index in [9.17, 15) is 9.59 Å². The molecule has 2 aromatic carbocycles. The quantitative estimate of drug-likeness (QED) is 0.731. The van der Waals surface area contributed by atoms with E-state index in [1.165, 1.54) is 20.1 Å². The fourth-order valence-corrected chi connectivity index (χ4v) is 2.25. The first-order chi connectivity index (χ1) is 12.9. The van der Waals surface area contributed by atoms with E-state index in [4.69, 9.17) is 31.1 Å². The van der Waals surface area contributed by atoms with Gasteiger partial charge in [0.15, 0.2) is 12.7 Å². The van der Waals surface area contributed by atoms with Gasteiger partial charge in [-0.2, -0.15) is 5.26 Å². The van der Waals surface area contributed by atoms with Crippen molar-refractivity contribution in [2.45, 2.75) is 13.0 Å². The van der Waals surface area contributed by atoms with Crippen molar-refractivity contribution >= 4 is 29.2 Å². The molecular weight excluding hydrogens is 372 g/mol. The van der Waals surface area contributed by atoms with Crippen LogP contribution in [0.1, 0.15) is 12.5 Å². The molecule has 7 nitrogen and oxygen atoms in total. The zero-order chi connectivity index (χ0) is 19.8. The average molecular weight is 389 g/mol. The molecule has 1 atom stereocenters. The number of carbonyl (C=O) groups excluding carboxylic acids is 2. The normalized spacial score (nSPS) is 11.0. The van der Waals surface area contributed by atoms with Crippen molar-refractivity contribution in [1.82, 2.24) is 0 Å². The Balaban J connectivity index is 1.86. The molecule has 140 valence electrons. The Morgan fingerprint density at radius 3 is 2.56 bits per heavy atom. The fourth-order valence-electron chi connectivity index (χ4n) is 2.08. The third-order valence-electron chi connectivity index (χ3n) is 3.41. The summed E-state index contributed by atoms with van der Waals surface area (Å²) in [5.74, 6) is -0.412. The molecule has 0 radical (unpaired) electrons. The monoisotopic (exact) mass is 388 g/mol. The maximum atomic E-state index is 12.0. The maximum Gasteiger partial charge on any atom is 0.347 e. The topological polar surface area (TPSA) is 97.7 Å². The van der Waals surface area contributed by atoms with Crippen LogP contribution in [0.4, 0.5) is 5.69 Å². The molecule has 0 heterocycles. The summed E-state index contributed by atoms with van der Waals surface area (Å²) in [6, 6.07) is 13.0. The minimum Gasteiger partial charge on any atom is -0.495 e. The third-order valence-corrected chi connectivity index (χ3v) is 3.64. The van der Waals surface area contributed by atoms with Gasteiger partial charge in [-0.25, -0.2) is 4.79 Å². The molecule has 0 unspecified atom stereocenters. The molecule has 8 heteroatoms. The SMILES string of the molecule is COc1ccc(Cl)cc1NC(=O)COC(=O)[C@H](C)Oc1ccc(C#N)cc1. The van der Waals surface area contributed by atoms with Crippen LogP contribution in [0.15, 0.2) is 42.5 Å². The lowest BCUT2D eigenvalue weighted by Crippen LogP contribution is -2.29. The number of amides is 1. The lowest BCUT2D eigenvalue weighted by atomic mass is 10.2. The fraction of sp³-hybridized carbons (Fsp3) is 0.211. The van der Waals surface area contributed by atoms with Gasteiger partial charge in [0.2, 0.25) is 0 Å². The zero-order valence-electron chi connectivity index (χ0n) is 14.7. The number of halogens is 1. The molecule has 1 amide bonds. The molecule has 1 N–H and O–H groups in total. The Kier molecular flexibility index (Phi) is 7.03. The van der Waals surface area contributed by atoms with Crippen LogP contribution in [0.3, 0.4) is 0 Å². The first kappa shape index (κ1) is 20.1. The van der Waals surface area contributed by atoms with E-state index in [0.29, 0.717) is 27.8 Å². The Morgan fingerprint density at radius 1 is 1.22 bits per heavy atom. The van der Waals surface area contributed by atoms with E-state index in [2.05, 4.69) is 5.32 Å². The van der Waals surface area contributed by atoms with Gasteiger partial charge < -0.3 is 19.5 Å². The lowest BCUT2D eigenvalue weighted by Gasteiger charge is -2.14. The van der Waals surface area contributed by atoms with Crippen LogP contribution in [-0.2, 0) is 14.3 Å². The molecule has 27 heavy (non-hydrogen) atoms. The van der Waals surface area contributed by atoms with Crippen molar-refractivity contribution in [2.75, 3.05) is 19.0 Å². The van der Waals surface area contributed by atoms with Crippen LogP contribution in [0, 0.1) is 11.3 Å². The van der Waals surface area contributed by atoms with Gasteiger partial charge in [0.25, 0.3) is 5.91 Å². The first-order valence-corrected chi connectivity index (χ1v) is 8.27. The van der Waals surface area contributed by atoms with Crippen molar-refractivity contribution in [3.63, 3.8) is 0 Å². The first-order valence-electron chi connectivity index (χ1n) is 7.89. The molecule has 0 spiro atoms. The van der Waals surface area contributed by atoms with Gasteiger partial charge in [0.05, 0.1) is 24.4 Å². The van der Waals surface area contributed by atoms with Gasteiger partial charge in [-0.1, -0.05) is 11.6 Å². The molecule has 0 saturated heterocycles. The van der Waals surface area contributed by atoms with Crippen molar-refractivity contribution in [3.8, 4) is 17.6 Å². The van der Waals surface area contributed by atoms with E-state index in [-0.39, 0.29) is 0 Å². The molecule has 0 aromatic heterocycles. The van der Waals surface area contributed by atoms with Crippen LogP contribution in [0.25, 0.3) is 0 Å². The number of benzene rings is 2. The van der Waals surface area contributed by atoms with E-state index < -0.39 is 24.6 Å². The summed E-state index contributed by atoms with van der Waals surface area (Å²) in [6.07, 6.45) is -0.925. The standard InChI is InChI=1S/C19H17ClN2O5/c1-12(27-15-6-3-13(10-21)4-7-15)19(24)26-11-18(23)22-16-9-14(20)5-8-17(16)25-2/h3-9,12H,11H2,1-2H3,(H,22,23)/t12-/m0/s1. The molecule has 0 aliphatic heterocycles. The summed E-state index contributed by atoms with van der Waals surface area (Å²) in [4.78, 5) is 24.0. The van der Waals surface area contributed by atoms with Crippen LogP contribution in [-0.4, -0.2) is 31.7 Å². The summed E-state index contributed by atoms with van der Waals surface area (Å²) in [5.41, 5.74) is 0.846. The van der Waals surface area contributed by atoms with Gasteiger partial charge in [-0.05, 0) is 49.4 Å². The second kappa shape index (κ2) is 9.46. The van der Waals surface area contributed by atoms with Crippen LogP contribution >= 0.6 is 11.6 Å². The highest BCUT2D eigenvalue weighted by molar-refractivity contribution is 6.31. The lowest BCUT2D eigenvalue weighted by molar-refractivity contribution is -0.153. The number of hydrogen-bond donors (Lipinski definition) is 1. The number of esters is 1. The highest BCUT2D eigenvalue weighted by Crippen LogP contribution is 2.27. The van der Waals surface area contributed by atoms with E-state index in [1.807, 2.05) is 6.07 Å². The molecule has 0 aliphatic carbocycles. The largest absolute Gasteiger partial charge is 0.495 e. The number of ether oxygens (including phenoxy) is 3. The molecule has 0 aliphatic rings. The van der Waals surface area contributed by atoms with Crippen LogP contribution < -0.4 is 14.8 Å². The van der Waals surface area contributed by atoms with Gasteiger partial charge in [-0.3, -0.25) is 4.79 Å². The molecule has 2 rings (SSSR count). The number of methoxy groups -OCH3 is 1. The van der Waals surface area contributed by atoms with E-state index in [1.54, 1.807) is 36.4 Å². The Hall–Kier alpha value is -3.24. The summed E-state index contributed by atoms with van der Waals surface area (Å²) in [6.45, 7) is 1.01. The Labute approximate surface area is 161 Å². The third kappa shape index (κ3) is 5.90. The summed E-state index contributed by atoms with van der Waals surface area (Å²) < 4.78 is 15.5. The van der Waals surface area contributed by atoms with Gasteiger partial charge >= 0.3 is 5.97 Å². The van der Waals surface area contributed by atoms with E-state index >= 15 is 0 Å². The van der Waals surface area contributed by atoms with Gasteiger partial charge in [-0.15, -0.1) is 0 Å². The smallest absolute Gasteiger partial charge is 0.347 e. The summed E-state index contributed by atoms with van der Waals surface area (Å²) in [5, 5.41) is 11.7. The minimum atomic E-state index is -0.925. The Bertz CT molecular complexity index is 861. The number of nitrogens with one attached hydrogen (secondary N) is 1. The number of hydrogen-bond acceptors (Lipinski definition) is 6. The minimum absolute atomic E-state index is 0.368. The molecule has 0 bridgehead atoms. The number of carbonyl (C=O) groups is 2. The average Bonchev–Trinajstić information content (AvgIpc) is 2.66. The second-order valence-corrected chi connectivity index (χ2v) is 5.83. The summed E-state index contributed by atoms with van der Waals surface area (Å²) >= 11 is 5.90. The molecule has 0 fully saturated rings. The van der Waals surface area contributed by atoms with Crippen LogP contribution in [0.5, 0.6) is 11.5 Å². The van der Waals surface area contributed by atoms with Crippen molar-refractivity contribution in [2.24, 2.45) is 0 Å². The predicted molar refractivity (Wildman–Crippen MR) is 98.8 cm³/mol. The zero-order valence-corrected chi connectivity index (χ0v) is 15.4. The van der Waals surface area contributed by atoms with Crippen molar-refractivity contribution < 1.29 is 23.8 Å². The predicted octanol–water partition coefficient (Wildman–Crippen LogP) is 3.17. The Morgan fingerprint density at radius 2 is 1.93 bits per heavy atom. The van der Waals surface area contributed by atoms with E-state index in [0.717, 1.165) is 0 Å². The number of rotatable bonds is 7. The van der Waals surface area contributed by atoms with Crippen LogP contribution in [0.2, 0.25) is 5.02 Å². The second-order valence-electron chi connectivity index (χ2n) is 5.40. The highest BCUT2D eigenvalue weighted by atomic mass is 35.5.